The van der Waals surface area contributed by atoms with Crippen LogP contribution in [0.4, 0.5) is 5.82 Å². The predicted octanol–water partition coefficient (Wildman–Crippen LogP) is 3.66. The molecule has 1 aromatic heterocycles. The number of halogens is 1. The Balaban J connectivity index is 2.16. The van der Waals surface area contributed by atoms with Gasteiger partial charge in [0.2, 0.25) is 0 Å². The quantitative estimate of drug-likeness (QED) is 0.676. The number of carbonyl (C=O) groups is 1. The lowest BCUT2D eigenvalue weighted by molar-refractivity contribution is 0.0527. The van der Waals surface area contributed by atoms with Crippen molar-refractivity contribution in [3.05, 3.63) is 22.8 Å². The maximum atomic E-state index is 11.9. The summed E-state index contributed by atoms with van der Waals surface area (Å²) in [5.41, 5.74) is 0.455. The Morgan fingerprint density at radius 2 is 2.16 bits per heavy atom. The standard InChI is InChI=1S/C14H19ClN2O2/c1-2-19-14(18)11-8-9-12(15)17-13(11)16-10-6-4-3-5-7-10/h8-10H,2-7H2,1H3,(H,16,17). The molecule has 0 unspecified atom stereocenters. The Morgan fingerprint density at radius 3 is 2.84 bits per heavy atom. The molecule has 0 spiro atoms. The smallest absolute Gasteiger partial charge is 0.341 e. The zero-order chi connectivity index (χ0) is 13.7. The highest BCUT2D eigenvalue weighted by Crippen LogP contribution is 2.24. The van der Waals surface area contributed by atoms with Gasteiger partial charge in [-0.1, -0.05) is 30.9 Å². The van der Waals surface area contributed by atoms with E-state index < -0.39 is 0 Å². The lowest BCUT2D eigenvalue weighted by Crippen LogP contribution is -2.24. The highest BCUT2D eigenvalue weighted by atomic mass is 35.5. The fourth-order valence-electron chi connectivity index (χ4n) is 2.36. The van der Waals surface area contributed by atoms with Crippen LogP contribution in [0.15, 0.2) is 12.1 Å². The molecule has 1 aromatic rings. The van der Waals surface area contributed by atoms with Gasteiger partial charge >= 0.3 is 5.97 Å². The third-order valence-corrected chi connectivity index (χ3v) is 3.51. The van der Waals surface area contributed by atoms with Crippen LogP contribution >= 0.6 is 11.6 Å². The van der Waals surface area contributed by atoms with Crippen molar-refractivity contribution in [1.29, 1.82) is 0 Å². The molecule has 1 aliphatic carbocycles. The molecule has 4 nitrogen and oxygen atoms in total. The van der Waals surface area contributed by atoms with E-state index in [1.807, 2.05) is 0 Å². The van der Waals surface area contributed by atoms with E-state index in [4.69, 9.17) is 16.3 Å². The van der Waals surface area contributed by atoms with Gasteiger partial charge in [0, 0.05) is 6.04 Å². The second kappa shape index (κ2) is 6.75. The molecular formula is C14H19ClN2O2. The van der Waals surface area contributed by atoms with Gasteiger partial charge in [-0.25, -0.2) is 9.78 Å². The molecule has 1 aliphatic rings. The minimum atomic E-state index is -0.357. The van der Waals surface area contributed by atoms with Gasteiger partial charge in [0.15, 0.2) is 0 Å². The molecule has 0 aliphatic heterocycles. The van der Waals surface area contributed by atoms with E-state index in [-0.39, 0.29) is 5.97 Å². The number of esters is 1. The normalized spacial score (nSPS) is 16.1. The van der Waals surface area contributed by atoms with E-state index in [1.165, 1.54) is 19.3 Å². The maximum absolute atomic E-state index is 11.9. The Morgan fingerprint density at radius 1 is 1.42 bits per heavy atom. The topological polar surface area (TPSA) is 51.2 Å². The van der Waals surface area contributed by atoms with Gasteiger partial charge in [0.25, 0.3) is 0 Å². The van der Waals surface area contributed by atoms with Crippen molar-refractivity contribution >= 4 is 23.4 Å². The SMILES string of the molecule is CCOC(=O)c1ccc(Cl)nc1NC1CCCCC1. The van der Waals surface area contributed by atoms with Crippen LogP contribution < -0.4 is 5.32 Å². The molecule has 2 rings (SSSR count). The summed E-state index contributed by atoms with van der Waals surface area (Å²) in [5, 5.41) is 3.71. The number of pyridine rings is 1. The molecule has 0 bridgehead atoms. The first-order chi connectivity index (χ1) is 9.20. The third-order valence-electron chi connectivity index (χ3n) is 3.30. The number of aromatic nitrogens is 1. The molecule has 0 saturated heterocycles. The van der Waals surface area contributed by atoms with Crippen LogP contribution in [-0.4, -0.2) is 23.6 Å². The summed E-state index contributed by atoms with van der Waals surface area (Å²) in [6.45, 7) is 2.14. The first-order valence-electron chi connectivity index (χ1n) is 6.81. The van der Waals surface area contributed by atoms with E-state index in [1.54, 1.807) is 19.1 Å². The zero-order valence-corrected chi connectivity index (χ0v) is 11.9. The largest absolute Gasteiger partial charge is 0.462 e. The van der Waals surface area contributed by atoms with Crippen LogP contribution in [0.3, 0.4) is 0 Å². The lowest BCUT2D eigenvalue weighted by Gasteiger charge is -2.24. The van der Waals surface area contributed by atoms with E-state index in [0.717, 1.165) is 12.8 Å². The van der Waals surface area contributed by atoms with Gasteiger partial charge in [-0.2, -0.15) is 0 Å². The fourth-order valence-corrected chi connectivity index (χ4v) is 2.51. The first-order valence-corrected chi connectivity index (χ1v) is 7.18. The number of hydrogen-bond acceptors (Lipinski definition) is 4. The van der Waals surface area contributed by atoms with E-state index >= 15 is 0 Å². The van der Waals surface area contributed by atoms with Crippen LogP contribution in [0.25, 0.3) is 0 Å². The molecule has 0 radical (unpaired) electrons. The van der Waals surface area contributed by atoms with Crippen LogP contribution in [-0.2, 0) is 4.74 Å². The molecular weight excluding hydrogens is 264 g/mol. The number of ether oxygens (including phenoxy) is 1. The molecule has 0 aromatic carbocycles. The molecule has 5 heteroatoms. The average Bonchev–Trinajstić information content (AvgIpc) is 2.40. The predicted molar refractivity (Wildman–Crippen MR) is 75.7 cm³/mol. The number of anilines is 1. The van der Waals surface area contributed by atoms with Crippen LogP contribution in [0, 0.1) is 0 Å². The lowest BCUT2D eigenvalue weighted by atomic mass is 9.95. The van der Waals surface area contributed by atoms with Crippen LogP contribution in [0.2, 0.25) is 5.15 Å². The van der Waals surface area contributed by atoms with Gasteiger partial charge in [-0.05, 0) is 31.9 Å². The van der Waals surface area contributed by atoms with Crippen molar-refractivity contribution in [2.45, 2.75) is 45.1 Å². The maximum Gasteiger partial charge on any atom is 0.341 e. The molecule has 1 N–H and O–H groups in total. The summed E-state index contributed by atoms with van der Waals surface area (Å²) in [6, 6.07) is 3.64. The van der Waals surface area contributed by atoms with Crippen molar-refractivity contribution in [3.8, 4) is 0 Å². The monoisotopic (exact) mass is 282 g/mol. The van der Waals surface area contributed by atoms with Crippen LogP contribution in [0.1, 0.15) is 49.4 Å². The molecule has 19 heavy (non-hydrogen) atoms. The molecule has 104 valence electrons. The minimum Gasteiger partial charge on any atom is -0.462 e. The van der Waals surface area contributed by atoms with E-state index in [0.29, 0.717) is 29.2 Å². The second-order valence-corrected chi connectivity index (χ2v) is 5.12. The summed E-state index contributed by atoms with van der Waals surface area (Å²) < 4.78 is 5.04. The van der Waals surface area contributed by atoms with Crippen molar-refractivity contribution in [1.82, 2.24) is 4.98 Å². The van der Waals surface area contributed by atoms with Gasteiger partial charge < -0.3 is 10.1 Å². The summed E-state index contributed by atoms with van der Waals surface area (Å²) in [7, 11) is 0. The highest BCUT2D eigenvalue weighted by Gasteiger charge is 2.19. The van der Waals surface area contributed by atoms with Crippen molar-refractivity contribution in [2.24, 2.45) is 0 Å². The molecule has 1 saturated carbocycles. The molecule has 1 fully saturated rings. The van der Waals surface area contributed by atoms with E-state index in [9.17, 15) is 4.79 Å². The van der Waals surface area contributed by atoms with Gasteiger partial charge in [0.05, 0.1) is 6.61 Å². The summed E-state index contributed by atoms with van der Waals surface area (Å²) in [4.78, 5) is 16.1. The molecule has 1 heterocycles. The van der Waals surface area contributed by atoms with Crippen LogP contribution in [0.5, 0.6) is 0 Å². The second-order valence-electron chi connectivity index (χ2n) is 4.73. The Hall–Kier alpha value is -1.29. The molecule has 0 amide bonds. The molecule has 0 atom stereocenters. The summed E-state index contributed by atoms with van der Waals surface area (Å²) in [6.07, 6.45) is 5.93. The summed E-state index contributed by atoms with van der Waals surface area (Å²) in [5.74, 6) is 0.183. The van der Waals surface area contributed by atoms with E-state index in [2.05, 4.69) is 10.3 Å². The Bertz CT molecular complexity index is 445. The highest BCUT2D eigenvalue weighted by molar-refractivity contribution is 6.29. The van der Waals surface area contributed by atoms with Crippen molar-refractivity contribution in [2.75, 3.05) is 11.9 Å². The zero-order valence-electron chi connectivity index (χ0n) is 11.1. The number of carbonyl (C=O) groups excluding carboxylic acids is 1. The number of rotatable bonds is 4. The third kappa shape index (κ3) is 3.83. The number of nitrogens with zero attached hydrogens (tertiary/aromatic N) is 1. The van der Waals surface area contributed by atoms with Gasteiger partial charge in [-0.15, -0.1) is 0 Å². The average molecular weight is 283 g/mol. The fraction of sp³-hybridized carbons (Fsp3) is 0.571. The Labute approximate surface area is 118 Å². The Kier molecular flexibility index (Phi) is 5.02. The van der Waals surface area contributed by atoms with Crippen molar-refractivity contribution in [3.63, 3.8) is 0 Å². The van der Waals surface area contributed by atoms with Crippen molar-refractivity contribution < 1.29 is 9.53 Å². The number of hydrogen-bond donors (Lipinski definition) is 1. The van der Waals surface area contributed by atoms with Gasteiger partial charge in [0.1, 0.15) is 16.5 Å². The summed E-state index contributed by atoms with van der Waals surface area (Å²) >= 11 is 5.91. The number of nitrogens with one attached hydrogen (secondary N) is 1. The minimum absolute atomic E-state index is 0.352. The van der Waals surface area contributed by atoms with Gasteiger partial charge in [-0.3, -0.25) is 0 Å². The first kappa shape index (κ1) is 14.1.